The van der Waals surface area contributed by atoms with Gasteiger partial charge in [-0.1, -0.05) is 6.07 Å². The first-order chi connectivity index (χ1) is 16.7. The van der Waals surface area contributed by atoms with Crippen LogP contribution in [-0.4, -0.2) is 56.4 Å². The summed E-state index contributed by atoms with van der Waals surface area (Å²) in [6, 6.07) is 5.64. The van der Waals surface area contributed by atoms with Crippen LogP contribution >= 0.6 is 11.6 Å². The molecule has 1 saturated heterocycles. The lowest BCUT2D eigenvalue weighted by atomic mass is 9.93. The Bertz CT molecular complexity index is 1270. The molecular weight excluding hydrogens is 485 g/mol. The zero-order valence-electron chi connectivity index (χ0n) is 18.9. The Morgan fingerprint density at radius 1 is 1.26 bits per heavy atom. The van der Waals surface area contributed by atoms with Gasteiger partial charge in [-0.3, -0.25) is 0 Å². The second-order valence-electron chi connectivity index (χ2n) is 8.70. The van der Waals surface area contributed by atoms with Crippen molar-refractivity contribution in [2.75, 3.05) is 23.3 Å². The average Bonchev–Trinajstić information content (AvgIpc) is 3.20. The highest BCUT2D eigenvalue weighted by Gasteiger charge is 2.56. The molecular formula is C23H22ClF3N6O2. The fraction of sp³-hybridized carbons (Fsp3) is 0.391. The Morgan fingerprint density at radius 3 is 2.69 bits per heavy atom. The molecule has 0 aliphatic carbocycles. The molecule has 4 heterocycles. The molecule has 0 radical (unpaired) electrons. The maximum atomic E-state index is 14.5. The monoisotopic (exact) mass is 506 g/mol. The number of hydrogen-bond acceptors (Lipinski definition) is 8. The molecule has 3 aromatic rings. The number of benzene rings is 1. The van der Waals surface area contributed by atoms with Crippen molar-refractivity contribution in [1.82, 2.24) is 20.2 Å². The third-order valence-electron chi connectivity index (χ3n) is 6.61. The van der Waals surface area contributed by atoms with E-state index in [2.05, 4.69) is 25.5 Å². The number of aromatic nitrogens is 4. The summed E-state index contributed by atoms with van der Waals surface area (Å²) in [6.45, 7) is 3.64. The zero-order chi connectivity index (χ0) is 24.9. The lowest BCUT2D eigenvalue weighted by molar-refractivity contribution is 0.0524. The standard InChI is InChI=1S/C23H22ClF3N6O2/c1-11-15(8-24)12(2)30-22(29-11)35-13-7-23(21(26)27)10-28-20-18(33(23)9-13)6-17(31-32-20)14-4-3-5-16(25)19(14)34/h3-6,13,21,34H,7-10H2,1-2H3,(H,28,32)/t13-,23+/m1/s1. The topological polar surface area (TPSA) is 96.3 Å². The number of nitrogens with zero attached hydrogens (tertiary/aromatic N) is 5. The van der Waals surface area contributed by atoms with Gasteiger partial charge in [0, 0.05) is 35.5 Å². The highest BCUT2D eigenvalue weighted by molar-refractivity contribution is 6.17. The molecule has 1 fully saturated rings. The molecule has 1 aromatic carbocycles. The van der Waals surface area contributed by atoms with Crippen molar-refractivity contribution in [1.29, 1.82) is 0 Å². The Kier molecular flexibility index (Phi) is 5.82. The fourth-order valence-electron chi connectivity index (χ4n) is 4.73. The number of fused-ring (bicyclic) bond motifs is 3. The van der Waals surface area contributed by atoms with Crippen LogP contribution in [0.25, 0.3) is 11.3 Å². The van der Waals surface area contributed by atoms with E-state index in [-0.39, 0.29) is 42.7 Å². The van der Waals surface area contributed by atoms with Crippen LogP contribution in [0.5, 0.6) is 11.8 Å². The number of hydrogen-bond donors (Lipinski definition) is 2. The van der Waals surface area contributed by atoms with E-state index in [9.17, 15) is 18.3 Å². The molecule has 5 rings (SSSR count). The van der Waals surface area contributed by atoms with Gasteiger partial charge in [0.05, 0.1) is 23.8 Å². The molecule has 0 spiro atoms. The van der Waals surface area contributed by atoms with Crippen molar-refractivity contribution in [3.8, 4) is 23.0 Å². The van der Waals surface area contributed by atoms with Crippen molar-refractivity contribution < 1.29 is 23.0 Å². The van der Waals surface area contributed by atoms with Gasteiger partial charge in [-0.2, -0.15) is 0 Å². The van der Waals surface area contributed by atoms with Crippen LogP contribution in [0.3, 0.4) is 0 Å². The van der Waals surface area contributed by atoms with Crippen LogP contribution in [0, 0.1) is 19.7 Å². The molecule has 0 amide bonds. The number of phenolic OH excluding ortho intramolecular Hbond substituents is 1. The van der Waals surface area contributed by atoms with Gasteiger partial charge in [-0.15, -0.1) is 21.8 Å². The molecule has 35 heavy (non-hydrogen) atoms. The Morgan fingerprint density at radius 2 is 2.00 bits per heavy atom. The molecule has 0 bridgehead atoms. The number of rotatable bonds is 5. The molecule has 2 aliphatic heterocycles. The number of halogens is 4. The van der Waals surface area contributed by atoms with E-state index in [1.54, 1.807) is 18.7 Å². The minimum absolute atomic E-state index is 0.0126. The normalized spacial score (nSPS) is 21.0. The summed E-state index contributed by atoms with van der Waals surface area (Å²) in [6.07, 6.45) is -3.32. The van der Waals surface area contributed by atoms with Crippen molar-refractivity contribution in [3.05, 3.63) is 47.0 Å². The van der Waals surface area contributed by atoms with Crippen LogP contribution in [-0.2, 0) is 5.88 Å². The van der Waals surface area contributed by atoms with Crippen LogP contribution in [0.15, 0.2) is 24.3 Å². The lowest BCUT2D eigenvalue weighted by Crippen LogP contribution is -2.57. The van der Waals surface area contributed by atoms with Crippen LogP contribution in [0.1, 0.15) is 23.4 Å². The molecule has 0 saturated carbocycles. The van der Waals surface area contributed by atoms with E-state index < -0.39 is 29.6 Å². The first-order valence-electron chi connectivity index (χ1n) is 11.0. The number of aromatic hydroxyl groups is 1. The van der Waals surface area contributed by atoms with Gasteiger partial charge in [0.1, 0.15) is 11.6 Å². The van der Waals surface area contributed by atoms with Gasteiger partial charge in [-0.25, -0.2) is 23.1 Å². The van der Waals surface area contributed by atoms with Gasteiger partial charge in [0.2, 0.25) is 0 Å². The Labute approximate surface area is 204 Å². The predicted molar refractivity (Wildman–Crippen MR) is 124 cm³/mol. The van der Waals surface area contributed by atoms with Crippen molar-refractivity contribution in [3.63, 3.8) is 0 Å². The van der Waals surface area contributed by atoms with Crippen molar-refractivity contribution in [2.24, 2.45) is 0 Å². The minimum Gasteiger partial charge on any atom is -0.504 e. The van der Waals surface area contributed by atoms with Gasteiger partial charge >= 0.3 is 6.01 Å². The van der Waals surface area contributed by atoms with Crippen LogP contribution in [0.2, 0.25) is 0 Å². The second kappa shape index (κ2) is 8.71. The van der Waals surface area contributed by atoms with Crippen LogP contribution < -0.4 is 15.0 Å². The summed E-state index contributed by atoms with van der Waals surface area (Å²) >= 11 is 5.95. The molecule has 0 unspecified atom stereocenters. The first kappa shape index (κ1) is 23.4. The number of ether oxygens (including phenoxy) is 1. The largest absolute Gasteiger partial charge is 0.504 e. The summed E-state index contributed by atoms with van der Waals surface area (Å²) in [7, 11) is 0. The summed E-state index contributed by atoms with van der Waals surface area (Å²) in [4.78, 5) is 10.2. The van der Waals surface area contributed by atoms with Gasteiger partial charge < -0.3 is 20.1 Å². The number of nitrogens with one attached hydrogen (secondary N) is 1. The maximum absolute atomic E-state index is 14.5. The van der Waals surface area contributed by atoms with Gasteiger partial charge in [0.25, 0.3) is 6.43 Å². The van der Waals surface area contributed by atoms with E-state index in [1.165, 1.54) is 18.2 Å². The van der Waals surface area contributed by atoms with E-state index >= 15 is 0 Å². The van der Waals surface area contributed by atoms with E-state index in [4.69, 9.17) is 16.3 Å². The number of alkyl halides is 3. The quantitative estimate of drug-likeness (QED) is 0.497. The van der Waals surface area contributed by atoms with E-state index in [1.807, 2.05) is 0 Å². The SMILES string of the molecule is Cc1nc(O[C@H]2CN3c4cc(-c5cccc(F)c5O)nnc4NC[C@]3(C(F)F)C2)nc(C)c1CCl. The molecule has 2 N–H and O–H groups in total. The molecule has 2 aromatic heterocycles. The third-order valence-corrected chi connectivity index (χ3v) is 6.87. The molecule has 12 heteroatoms. The third kappa shape index (κ3) is 3.87. The van der Waals surface area contributed by atoms with Crippen LogP contribution in [0.4, 0.5) is 24.7 Å². The number of para-hydroxylation sites is 1. The molecule has 184 valence electrons. The summed E-state index contributed by atoms with van der Waals surface area (Å²) in [5, 5.41) is 21.2. The maximum Gasteiger partial charge on any atom is 0.317 e. The fourth-order valence-corrected chi connectivity index (χ4v) is 5.12. The number of anilines is 2. The van der Waals surface area contributed by atoms with Crippen molar-refractivity contribution >= 4 is 23.1 Å². The minimum atomic E-state index is -2.71. The Hall–Kier alpha value is -3.34. The zero-order valence-corrected chi connectivity index (χ0v) is 19.7. The van der Waals surface area contributed by atoms with E-state index in [0.717, 1.165) is 11.6 Å². The number of aryl methyl sites for hydroxylation is 2. The summed E-state index contributed by atoms with van der Waals surface area (Å²) < 4.78 is 48.9. The average molecular weight is 507 g/mol. The van der Waals surface area contributed by atoms with Crippen molar-refractivity contribution in [2.45, 2.75) is 44.2 Å². The number of phenols is 1. The smallest absolute Gasteiger partial charge is 0.317 e. The summed E-state index contributed by atoms with van der Waals surface area (Å²) in [5.74, 6) is -0.828. The lowest BCUT2D eigenvalue weighted by Gasteiger charge is -2.43. The Balaban J connectivity index is 1.50. The van der Waals surface area contributed by atoms with Gasteiger partial charge in [0.15, 0.2) is 17.4 Å². The van der Waals surface area contributed by atoms with E-state index in [0.29, 0.717) is 22.9 Å². The highest BCUT2D eigenvalue weighted by atomic mass is 35.5. The predicted octanol–water partition coefficient (Wildman–Crippen LogP) is 4.22. The second-order valence-corrected chi connectivity index (χ2v) is 8.97. The van der Waals surface area contributed by atoms with Gasteiger partial charge in [-0.05, 0) is 32.0 Å². The first-order valence-corrected chi connectivity index (χ1v) is 11.5. The molecule has 2 aliphatic rings. The molecule has 8 nitrogen and oxygen atoms in total. The molecule has 2 atom stereocenters. The summed E-state index contributed by atoms with van der Waals surface area (Å²) in [5.41, 5.74) is 1.20. The highest BCUT2D eigenvalue weighted by Crippen LogP contribution is 2.46.